The number of carbonyl (C=O) groups excluding carboxylic acids is 1. The van der Waals surface area contributed by atoms with Crippen LogP contribution in [-0.4, -0.2) is 31.2 Å². The predicted molar refractivity (Wildman–Crippen MR) is 84.8 cm³/mol. The molecule has 1 aromatic carbocycles. The maximum Gasteiger partial charge on any atom is 0.269 e. The van der Waals surface area contributed by atoms with Crippen molar-refractivity contribution < 1.29 is 9.53 Å². The van der Waals surface area contributed by atoms with E-state index >= 15 is 0 Å². The second-order valence-corrected chi connectivity index (χ2v) is 5.22. The van der Waals surface area contributed by atoms with Gasteiger partial charge in [-0.3, -0.25) is 4.79 Å². The van der Waals surface area contributed by atoms with Crippen molar-refractivity contribution in [1.82, 2.24) is 10.3 Å². The minimum Gasteiger partial charge on any atom is -0.385 e. The van der Waals surface area contributed by atoms with Crippen molar-refractivity contribution in [1.29, 1.82) is 0 Å². The lowest BCUT2D eigenvalue weighted by atomic mass is 10.2. The van der Waals surface area contributed by atoms with Crippen LogP contribution in [0.3, 0.4) is 0 Å². The zero-order valence-corrected chi connectivity index (χ0v) is 12.8. The molecule has 0 saturated carbocycles. The van der Waals surface area contributed by atoms with E-state index in [2.05, 4.69) is 10.3 Å². The Bertz CT molecular complexity index is 616. The summed E-state index contributed by atoms with van der Waals surface area (Å²) in [7, 11) is 1.69. The molecule has 1 amide bonds. The number of halogens is 1. The quantitative estimate of drug-likeness (QED) is 0.797. The molecular weight excluding hydrogens is 288 g/mol. The molecule has 4 nitrogen and oxygen atoms in total. The normalized spacial score (nSPS) is 10.8. The van der Waals surface area contributed by atoms with Gasteiger partial charge in [-0.2, -0.15) is 0 Å². The highest BCUT2D eigenvalue weighted by Gasteiger charge is 2.10. The Morgan fingerprint density at radius 3 is 2.90 bits per heavy atom. The lowest BCUT2D eigenvalue weighted by Crippen LogP contribution is -2.25. The van der Waals surface area contributed by atoms with E-state index in [0.717, 1.165) is 36.8 Å². The van der Waals surface area contributed by atoms with Gasteiger partial charge in [0.2, 0.25) is 0 Å². The fraction of sp³-hybridized carbons (Fsp3) is 0.375. The Morgan fingerprint density at radius 2 is 2.10 bits per heavy atom. The number of nitrogens with zero attached hydrogens (tertiary/aromatic N) is 1. The number of aromatic nitrogens is 1. The maximum atomic E-state index is 12.1. The Kier molecular flexibility index (Phi) is 5.96. The molecule has 0 fully saturated rings. The summed E-state index contributed by atoms with van der Waals surface area (Å²) >= 11 is 6.19. The van der Waals surface area contributed by atoms with Gasteiger partial charge in [-0.1, -0.05) is 29.8 Å². The van der Waals surface area contributed by atoms with Gasteiger partial charge in [0.15, 0.2) is 0 Å². The summed E-state index contributed by atoms with van der Waals surface area (Å²) < 4.78 is 4.98. The van der Waals surface area contributed by atoms with Crippen molar-refractivity contribution in [2.24, 2.45) is 0 Å². The Morgan fingerprint density at radius 1 is 1.29 bits per heavy atom. The van der Waals surface area contributed by atoms with Gasteiger partial charge in [-0.05, 0) is 31.4 Å². The number of unbranched alkanes of at least 4 members (excludes halogenated alkanes) is 2. The third kappa shape index (κ3) is 4.41. The second kappa shape index (κ2) is 7.96. The summed E-state index contributed by atoms with van der Waals surface area (Å²) in [5, 5.41) is 4.27. The number of rotatable bonds is 7. The summed E-state index contributed by atoms with van der Waals surface area (Å²) in [6, 6.07) is 9.13. The number of nitrogens with one attached hydrogen (secondary N) is 1. The first-order valence-corrected chi connectivity index (χ1v) is 7.42. The predicted octanol–water partition coefficient (Wildman–Crippen LogP) is 3.43. The summed E-state index contributed by atoms with van der Waals surface area (Å²) in [4.78, 5) is 16.4. The molecule has 0 spiro atoms. The van der Waals surface area contributed by atoms with Gasteiger partial charge in [0.1, 0.15) is 5.69 Å². The molecule has 1 aromatic heterocycles. The van der Waals surface area contributed by atoms with Crippen LogP contribution in [0.2, 0.25) is 5.02 Å². The van der Waals surface area contributed by atoms with Crippen molar-refractivity contribution >= 4 is 28.4 Å². The molecule has 0 aliphatic heterocycles. The molecule has 0 aliphatic rings. The molecule has 0 bridgehead atoms. The molecule has 0 aliphatic carbocycles. The number of hydrogen-bond donors (Lipinski definition) is 1. The first kappa shape index (κ1) is 15.7. The number of methoxy groups -OCH3 is 1. The average Bonchev–Trinajstić information content (AvgIpc) is 2.50. The number of ether oxygens (including phenoxy) is 1. The van der Waals surface area contributed by atoms with E-state index < -0.39 is 0 Å². The first-order chi connectivity index (χ1) is 10.2. The highest BCUT2D eigenvalue weighted by atomic mass is 35.5. The van der Waals surface area contributed by atoms with E-state index in [4.69, 9.17) is 16.3 Å². The van der Waals surface area contributed by atoms with E-state index in [9.17, 15) is 4.79 Å². The summed E-state index contributed by atoms with van der Waals surface area (Å²) in [5.74, 6) is -0.186. The zero-order chi connectivity index (χ0) is 15.1. The van der Waals surface area contributed by atoms with Gasteiger partial charge in [0.25, 0.3) is 5.91 Å². The molecule has 21 heavy (non-hydrogen) atoms. The van der Waals surface area contributed by atoms with Gasteiger partial charge in [0, 0.05) is 25.6 Å². The number of amides is 1. The minimum absolute atomic E-state index is 0.186. The standard InChI is InChI=1S/C16H19ClN2O2/c1-21-10-6-2-5-9-18-16(20)15-11-13(17)12-7-3-4-8-14(12)19-15/h3-4,7-8,11H,2,5-6,9-10H2,1H3,(H,18,20). The van der Waals surface area contributed by atoms with Crippen molar-refractivity contribution in [2.75, 3.05) is 20.3 Å². The van der Waals surface area contributed by atoms with Crippen LogP contribution in [0.25, 0.3) is 10.9 Å². The van der Waals surface area contributed by atoms with Gasteiger partial charge in [-0.25, -0.2) is 4.98 Å². The van der Waals surface area contributed by atoms with Crippen LogP contribution in [0.5, 0.6) is 0 Å². The maximum absolute atomic E-state index is 12.1. The third-order valence-electron chi connectivity index (χ3n) is 3.21. The van der Waals surface area contributed by atoms with Crippen LogP contribution in [-0.2, 0) is 4.74 Å². The second-order valence-electron chi connectivity index (χ2n) is 4.82. The topological polar surface area (TPSA) is 51.2 Å². The van der Waals surface area contributed by atoms with Crippen LogP contribution >= 0.6 is 11.6 Å². The third-order valence-corrected chi connectivity index (χ3v) is 3.52. The van der Waals surface area contributed by atoms with E-state index in [0.29, 0.717) is 17.3 Å². The van der Waals surface area contributed by atoms with Gasteiger partial charge < -0.3 is 10.1 Å². The fourth-order valence-electron chi connectivity index (χ4n) is 2.09. The van der Waals surface area contributed by atoms with Gasteiger partial charge in [0.05, 0.1) is 10.5 Å². The molecule has 1 N–H and O–H groups in total. The largest absolute Gasteiger partial charge is 0.385 e. The lowest BCUT2D eigenvalue weighted by Gasteiger charge is -2.07. The van der Waals surface area contributed by atoms with Crippen LogP contribution in [0, 0.1) is 0 Å². The highest BCUT2D eigenvalue weighted by molar-refractivity contribution is 6.35. The summed E-state index contributed by atoms with van der Waals surface area (Å²) in [6.07, 6.45) is 2.96. The van der Waals surface area contributed by atoms with Crippen molar-refractivity contribution in [3.05, 3.63) is 41.0 Å². The average molecular weight is 307 g/mol. The molecule has 0 unspecified atom stereocenters. The SMILES string of the molecule is COCCCCCNC(=O)c1cc(Cl)c2ccccc2n1. The fourth-order valence-corrected chi connectivity index (χ4v) is 2.35. The number of hydrogen-bond acceptors (Lipinski definition) is 3. The highest BCUT2D eigenvalue weighted by Crippen LogP contribution is 2.22. The number of para-hydroxylation sites is 1. The molecule has 2 aromatic rings. The summed E-state index contributed by atoms with van der Waals surface area (Å²) in [5.41, 5.74) is 1.09. The van der Waals surface area contributed by atoms with Crippen LogP contribution < -0.4 is 5.32 Å². The molecule has 112 valence electrons. The van der Waals surface area contributed by atoms with Crippen molar-refractivity contribution in [3.63, 3.8) is 0 Å². The molecule has 1 heterocycles. The van der Waals surface area contributed by atoms with Crippen LogP contribution in [0.15, 0.2) is 30.3 Å². The zero-order valence-electron chi connectivity index (χ0n) is 12.1. The molecule has 0 radical (unpaired) electrons. The Labute approximate surface area is 129 Å². The molecule has 0 atom stereocenters. The van der Waals surface area contributed by atoms with Crippen molar-refractivity contribution in [3.8, 4) is 0 Å². The number of benzene rings is 1. The summed E-state index contributed by atoms with van der Waals surface area (Å²) in [6.45, 7) is 1.39. The van der Waals surface area contributed by atoms with E-state index in [1.165, 1.54) is 0 Å². The molecule has 0 saturated heterocycles. The molecule has 5 heteroatoms. The Balaban J connectivity index is 1.93. The lowest BCUT2D eigenvalue weighted by molar-refractivity contribution is 0.0948. The van der Waals surface area contributed by atoms with Crippen LogP contribution in [0.1, 0.15) is 29.8 Å². The molecular formula is C16H19ClN2O2. The number of fused-ring (bicyclic) bond motifs is 1. The van der Waals surface area contributed by atoms with Crippen molar-refractivity contribution in [2.45, 2.75) is 19.3 Å². The van der Waals surface area contributed by atoms with Crippen LogP contribution in [0.4, 0.5) is 0 Å². The van der Waals surface area contributed by atoms with Gasteiger partial charge in [-0.15, -0.1) is 0 Å². The smallest absolute Gasteiger partial charge is 0.269 e. The van der Waals surface area contributed by atoms with Gasteiger partial charge >= 0.3 is 0 Å². The minimum atomic E-state index is -0.186. The number of pyridine rings is 1. The monoisotopic (exact) mass is 306 g/mol. The number of carbonyl (C=O) groups is 1. The van der Waals surface area contributed by atoms with E-state index in [1.807, 2.05) is 24.3 Å². The molecule has 2 rings (SSSR count). The van der Waals surface area contributed by atoms with E-state index in [-0.39, 0.29) is 5.91 Å². The Hall–Kier alpha value is -1.65. The first-order valence-electron chi connectivity index (χ1n) is 7.05. The van der Waals surface area contributed by atoms with E-state index in [1.54, 1.807) is 13.2 Å².